The number of esters is 3. The molecule has 0 saturated heterocycles. The molecule has 0 aliphatic carbocycles. The van der Waals surface area contributed by atoms with E-state index >= 15 is 0 Å². The summed E-state index contributed by atoms with van der Waals surface area (Å²) in [6.07, 6.45) is 94.2. The first-order valence-corrected chi connectivity index (χ1v) is 32.3. The molecule has 0 rings (SSSR count). The van der Waals surface area contributed by atoms with E-state index in [0.717, 1.165) is 161 Å². The average molecular weight is 1090 g/mol. The smallest absolute Gasteiger partial charge is 0.306 e. The normalized spacial score (nSPS) is 13.1. The van der Waals surface area contributed by atoms with Crippen LogP contribution in [-0.2, 0) is 28.6 Å². The summed E-state index contributed by atoms with van der Waals surface area (Å²) in [5, 5.41) is 0. The number of rotatable bonds is 57. The van der Waals surface area contributed by atoms with Gasteiger partial charge in [-0.15, -0.1) is 0 Å². The third-order valence-electron chi connectivity index (χ3n) is 13.3. The monoisotopic (exact) mass is 1090 g/mol. The van der Waals surface area contributed by atoms with E-state index in [1.54, 1.807) is 0 Å². The van der Waals surface area contributed by atoms with Gasteiger partial charge in [0.2, 0.25) is 0 Å². The highest BCUT2D eigenvalue weighted by atomic mass is 16.6. The van der Waals surface area contributed by atoms with Crippen LogP contribution in [0.4, 0.5) is 0 Å². The standard InChI is InChI=1S/C73H118O6/c1-4-7-10-13-16-19-22-25-28-30-31-32-33-34-35-36-37-38-39-40-41-42-43-44-46-48-51-54-57-60-63-66-72(75)78-69-70(68-77-71(74)65-62-59-56-53-50-47-27-24-21-18-15-12-9-6-3)79-73(76)67-64-61-58-55-52-49-45-29-26-23-20-17-14-11-8-5-2/h7,10,16,19-20,23-25,27-29,31-32,34-35,37-38,40-41,43-45,48,51,70H,4-6,8-9,11-15,17-18,21-22,26,30,33,36,39,42,46-47,49-50,52-69H2,1-3H3/b10-7-,19-16-,23-20-,27-24-,28-25-,32-31-,35-34-,38-37-,41-40-,44-43-,45-29-,51-48-. The molecular formula is C73H118O6. The van der Waals surface area contributed by atoms with Crippen LogP contribution in [0, 0.1) is 0 Å². The van der Waals surface area contributed by atoms with E-state index in [2.05, 4.69) is 167 Å². The van der Waals surface area contributed by atoms with Gasteiger partial charge >= 0.3 is 17.9 Å². The second-order valence-electron chi connectivity index (χ2n) is 20.9. The maximum Gasteiger partial charge on any atom is 0.306 e. The van der Waals surface area contributed by atoms with Crippen LogP contribution in [-0.4, -0.2) is 37.2 Å². The van der Waals surface area contributed by atoms with Gasteiger partial charge in [0.25, 0.3) is 0 Å². The highest BCUT2D eigenvalue weighted by Gasteiger charge is 2.19. The highest BCUT2D eigenvalue weighted by Crippen LogP contribution is 2.14. The Morgan fingerprint density at radius 2 is 0.494 bits per heavy atom. The van der Waals surface area contributed by atoms with E-state index < -0.39 is 6.10 Å². The highest BCUT2D eigenvalue weighted by molar-refractivity contribution is 5.71. The van der Waals surface area contributed by atoms with Crippen molar-refractivity contribution in [3.05, 3.63) is 146 Å². The summed E-state index contributed by atoms with van der Waals surface area (Å²) in [7, 11) is 0. The molecule has 0 amide bonds. The zero-order chi connectivity index (χ0) is 57.1. The number of hydrogen-bond acceptors (Lipinski definition) is 6. The predicted molar refractivity (Wildman–Crippen MR) is 343 cm³/mol. The first-order chi connectivity index (χ1) is 39.0. The molecule has 446 valence electrons. The summed E-state index contributed by atoms with van der Waals surface area (Å²) < 4.78 is 16.9. The van der Waals surface area contributed by atoms with Crippen molar-refractivity contribution in [1.82, 2.24) is 0 Å². The Bertz CT molecular complexity index is 1730. The summed E-state index contributed by atoms with van der Waals surface area (Å²) in [4.78, 5) is 38.3. The number of hydrogen-bond donors (Lipinski definition) is 0. The zero-order valence-electron chi connectivity index (χ0n) is 51.1. The van der Waals surface area contributed by atoms with E-state index in [0.29, 0.717) is 19.3 Å². The third-order valence-corrected chi connectivity index (χ3v) is 13.3. The SMILES string of the molecule is CC/C=C\C/C=C\C/C=C\C/C=C\C/C=C\C/C=C\C/C=C\C/C=C\C/C=C\CCCCCC(=O)OCC(COC(=O)CCCCCCC/C=C\CCCCCCC)OC(=O)CCCCCCC/C=C\C/C=C\CCCCCC. The van der Waals surface area contributed by atoms with Crippen molar-refractivity contribution >= 4 is 17.9 Å². The Hall–Kier alpha value is -4.71. The van der Waals surface area contributed by atoms with Gasteiger partial charge in [0.05, 0.1) is 0 Å². The van der Waals surface area contributed by atoms with E-state index in [9.17, 15) is 14.4 Å². The minimum Gasteiger partial charge on any atom is -0.462 e. The van der Waals surface area contributed by atoms with Crippen LogP contribution in [0.5, 0.6) is 0 Å². The predicted octanol–water partition coefficient (Wildman–Crippen LogP) is 22.3. The first kappa shape index (κ1) is 74.3. The number of carbonyl (C=O) groups is 3. The van der Waals surface area contributed by atoms with E-state index in [4.69, 9.17) is 14.2 Å². The van der Waals surface area contributed by atoms with Crippen molar-refractivity contribution < 1.29 is 28.6 Å². The molecule has 1 atom stereocenters. The second kappa shape index (κ2) is 65.8. The molecule has 6 nitrogen and oxygen atoms in total. The molecule has 0 N–H and O–H groups in total. The van der Waals surface area contributed by atoms with E-state index in [1.807, 2.05) is 0 Å². The van der Waals surface area contributed by atoms with Crippen LogP contribution in [0.25, 0.3) is 0 Å². The van der Waals surface area contributed by atoms with Gasteiger partial charge in [-0.25, -0.2) is 0 Å². The molecule has 0 bridgehead atoms. The molecule has 0 radical (unpaired) electrons. The van der Waals surface area contributed by atoms with Gasteiger partial charge in [-0.1, -0.05) is 256 Å². The topological polar surface area (TPSA) is 78.9 Å². The van der Waals surface area contributed by atoms with E-state index in [1.165, 1.54) is 77.0 Å². The van der Waals surface area contributed by atoms with Crippen LogP contribution in [0.3, 0.4) is 0 Å². The molecule has 0 aliphatic rings. The number of carbonyl (C=O) groups excluding carboxylic acids is 3. The second-order valence-corrected chi connectivity index (χ2v) is 20.9. The summed E-state index contributed by atoms with van der Waals surface area (Å²) >= 11 is 0. The Morgan fingerprint density at radius 3 is 0.810 bits per heavy atom. The minimum absolute atomic E-state index is 0.103. The van der Waals surface area contributed by atoms with Crippen molar-refractivity contribution in [1.29, 1.82) is 0 Å². The van der Waals surface area contributed by atoms with Crippen molar-refractivity contribution in [2.45, 2.75) is 284 Å². The Kier molecular flexibility index (Phi) is 61.9. The van der Waals surface area contributed by atoms with Gasteiger partial charge in [0.15, 0.2) is 6.10 Å². The number of ether oxygens (including phenoxy) is 3. The molecule has 0 aliphatic heterocycles. The summed E-state index contributed by atoms with van der Waals surface area (Å²) in [6.45, 7) is 6.45. The van der Waals surface area contributed by atoms with Crippen LogP contribution in [0.2, 0.25) is 0 Å². The van der Waals surface area contributed by atoms with Gasteiger partial charge in [0, 0.05) is 19.3 Å². The molecule has 0 aromatic heterocycles. The molecule has 6 heteroatoms. The summed E-state index contributed by atoms with van der Waals surface area (Å²) in [5.74, 6) is -0.959. The first-order valence-electron chi connectivity index (χ1n) is 32.3. The Morgan fingerprint density at radius 1 is 0.266 bits per heavy atom. The number of allylic oxidation sites excluding steroid dienone is 24. The van der Waals surface area contributed by atoms with E-state index in [-0.39, 0.29) is 31.1 Å². The molecule has 79 heavy (non-hydrogen) atoms. The fraction of sp³-hybridized carbons (Fsp3) is 0.630. The lowest BCUT2D eigenvalue weighted by molar-refractivity contribution is -0.167. The fourth-order valence-electron chi connectivity index (χ4n) is 8.46. The van der Waals surface area contributed by atoms with Crippen molar-refractivity contribution in [3.8, 4) is 0 Å². The lowest BCUT2D eigenvalue weighted by atomic mass is 10.1. The van der Waals surface area contributed by atoms with Gasteiger partial charge < -0.3 is 14.2 Å². The Balaban J connectivity index is 4.42. The minimum atomic E-state index is -0.809. The maximum atomic E-state index is 12.9. The fourth-order valence-corrected chi connectivity index (χ4v) is 8.46. The number of unbranched alkanes of at least 4 members (excludes halogenated alkanes) is 22. The maximum absolute atomic E-state index is 12.9. The van der Waals surface area contributed by atoms with Gasteiger partial charge in [-0.05, 0) is 148 Å². The van der Waals surface area contributed by atoms with Gasteiger partial charge in [-0.2, -0.15) is 0 Å². The van der Waals surface area contributed by atoms with Crippen LogP contribution in [0.15, 0.2) is 146 Å². The van der Waals surface area contributed by atoms with Crippen molar-refractivity contribution in [2.24, 2.45) is 0 Å². The van der Waals surface area contributed by atoms with Crippen LogP contribution < -0.4 is 0 Å². The van der Waals surface area contributed by atoms with Crippen molar-refractivity contribution in [2.75, 3.05) is 13.2 Å². The summed E-state index contributed by atoms with van der Waals surface area (Å²) in [6, 6.07) is 0. The molecule has 0 saturated carbocycles. The lowest BCUT2D eigenvalue weighted by Crippen LogP contribution is -2.30. The molecular weight excluding hydrogens is 973 g/mol. The average Bonchev–Trinajstić information content (AvgIpc) is 3.45. The Labute approximate surface area is 487 Å². The zero-order valence-corrected chi connectivity index (χ0v) is 51.1. The molecule has 0 aromatic rings. The largest absolute Gasteiger partial charge is 0.462 e. The molecule has 0 aromatic carbocycles. The molecule has 0 spiro atoms. The van der Waals surface area contributed by atoms with Crippen LogP contribution >= 0.6 is 0 Å². The van der Waals surface area contributed by atoms with Crippen LogP contribution in [0.1, 0.15) is 278 Å². The van der Waals surface area contributed by atoms with Gasteiger partial charge in [0.1, 0.15) is 13.2 Å². The van der Waals surface area contributed by atoms with Crippen molar-refractivity contribution in [3.63, 3.8) is 0 Å². The molecule has 0 fully saturated rings. The molecule has 1 unspecified atom stereocenters. The van der Waals surface area contributed by atoms with Gasteiger partial charge in [-0.3, -0.25) is 14.4 Å². The lowest BCUT2D eigenvalue weighted by Gasteiger charge is -2.18. The molecule has 0 heterocycles. The summed E-state index contributed by atoms with van der Waals surface area (Å²) in [5.41, 5.74) is 0. The quantitative estimate of drug-likeness (QED) is 0.0261. The third kappa shape index (κ3) is 64.0.